The molecule has 2 aromatic rings. The van der Waals surface area contributed by atoms with E-state index in [0.717, 1.165) is 34.1 Å². The van der Waals surface area contributed by atoms with Gasteiger partial charge in [-0.3, -0.25) is 4.68 Å². The van der Waals surface area contributed by atoms with E-state index < -0.39 is 0 Å². The highest BCUT2D eigenvalue weighted by Gasteiger charge is 2.18. The zero-order valence-electron chi connectivity index (χ0n) is 11.2. The molecule has 0 saturated heterocycles. The molecule has 0 amide bonds. The molecule has 2 heterocycles. The molecule has 0 aromatic carbocycles. The number of aryl methyl sites for hydroxylation is 1. The molecule has 2 aromatic heterocycles. The van der Waals surface area contributed by atoms with Crippen molar-refractivity contribution in [2.24, 2.45) is 13.0 Å². The standard InChI is InChI=1S/C13H19N3OS/c1-8(2)5-10-12(15-16(3)13(10)14)11-6-9(17-4)7-18-11/h6-8H,5,14H2,1-4H3. The van der Waals surface area contributed by atoms with Crippen molar-refractivity contribution < 1.29 is 4.74 Å². The van der Waals surface area contributed by atoms with Crippen LogP contribution < -0.4 is 10.5 Å². The van der Waals surface area contributed by atoms with Crippen molar-refractivity contribution in [1.29, 1.82) is 0 Å². The largest absolute Gasteiger partial charge is 0.496 e. The van der Waals surface area contributed by atoms with Crippen molar-refractivity contribution in [1.82, 2.24) is 9.78 Å². The zero-order valence-corrected chi connectivity index (χ0v) is 12.0. The Morgan fingerprint density at radius 2 is 2.22 bits per heavy atom. The summed E-state index contributed by atoms with van der Waals surface area (Å²) in [4.78, 5) is 1.11. The third-order valence-electron chi connectivity index (χ3n) is 2.85. The lowest BCUT2D eigenvalue weighted by molar-refractivity contribution is 0.417. The van der Waals surface area contributed by atoms with E-state index in [4.69, 9.17) is 10.5 Å². The molecule has 2 N–H and O–H groups in total. The molecule has 0 aliphatic rings. The number of ether oxygens (including phenoxy) is 1. The predicted molar refractivity (Wildman–Crippen MR) is 76.0 cm³/mol. The van der Waals surface area contributed by atoms with Gasteiger partial charge in [0.1, 0.15) is 17.3 Å². The van der Waals surface area contributed by atoms with Crippen LogP contribution in [-0.2, 0) is 13.5 Å². The monoisotopic (exact) mass is 265 g/mol. The van der Waals surface area contributed by atoms with Gasteiger partial charge in [0.05, 0.1) is 12.0 Å². The molecule has 0 fully saturated rings. The summed E-state index contributed by atoms with van der Waals surface area (Å²) in [6.07, 6.45) is 0.940. The highest BCUT2D eigenvalue weighted by molar-refractivity contribution is 7.13. The first-order chi connectivity index (χ1) is 8.52. The van der Waals surface area contributed by atoms with Crippen molar-refractivity contribution in [3.8, 4) is 16.3 Å². The Morgan fingerprint density at radius 1 is 1.50 bits per heavy atom. The first-order valence-electron chi connectivity index (χ1n) is 5.97. The van der Waals surface area contributed by atoms with Gasteiger partial charge in [-0.25, -0.2) is 0 Å². The summed E-state index contributed by atoms with van der Waals surface area (Å²) >= 11 is 1.63. The summed E-state index contributed by atoms with van der Waals surface area (Å²) in [6, 6.07) is 2.01. The number of nitrogens with two attached hydrogens (primary N) is 1. The van der Waals surface area contributed by atoms with Crippen LogP contribution in [0.5, 0.6) is 5.75 Å². The molecule has 0 atom stereocenters. The average molecular weight is 265 g/mol. The van der Waals surface area contributed by atoms with Crippen LogP contribution in [0.25, 0.3) is 10.6 Å². The molecular weight excluding hydrogens is 246 g/mol. The molecule has 0 aliphatic heterocycles. The Hall–Kier alpha value is -1.49. The summed E-state index contributed by atoms with van der Waals surface area (Å²) in [6.45, 7) is 4.37. The molecule has 0 bridgehead atoms. The van der Waals surface area contributed by atoms with Crippen LogP contribution in [0.3, 0.4) is 0 Å². The van der Waals surface area contributed by atoms with Crippen LogP contribution in [0.15, 0.2) is 11.4 Å². The molecule has 4 nitrogen and oxygen atoms in total. The van der Waals surface area contributed by atoms with E-state index in [1.165, 1.54) is 0 Å². The number of nitrogens with zero attached hydrogens (tertiary/aromatic N) is 2. The number of thiophene rings is 1. The molecule has 5 heteroatoms. The van der Waals surface area contributed by atoms with E-state index in [0.29, 0.717) is 5.92 Å². The normalized spacial score (nSPS) is 11.2. The minimum absolute atomic E-state index is 0.553. The molecule has 2 rings (SSSR count). The molecule has 0 aliphatic carbocycles. The van der Waals surface area contributed by atoms with Gasteiger partial charge in [0, 0.05) is 24.1 Å². The third-order valence-corrected chi connectivity index (χ3v) is 3.77. The summed E-state index contributed by atoms with van der Waals surface area (Å²) < 4.78 is 6.97. The summed E-state index contributed by atoms with van der Waals surface area (Å²) in [5.74, 6) is 2.18. The average Bonchev–Trinajstić information content (AvgIpc) is 2.88. The minimum Gasteiger partial charge on any atom is -0.496 e. The number of nitrogen functional groups attached to an aromatic ring is 1. The van der Waals surface area contributed by atoms with Crippen LogP contribution in [0.2, 0.25) is 0 Å². The fourth-order valence-electron chi connectivity index (χ4n) is 1.94. The maximum Gasteiger partial charge on any atom is 0.130 e. The Morgan fingerprint density at radius 3 is 2.78 bits per heavy atom. The zero-order chi connectivity index (χ0) is 13.3. The van der Waals surface area contributed by atoms with E-state index in [1.807, 2.05) is 18.5 Å². The van der Waals surface area contributed by atoms with E-state index in [9.17, 15) is 0 Å². The van der Waals surface area contributed by atoms with Gasteiger partial charge in [0.25, 0.3) is 0 Å². The molecule has 98 valence electrons. The van der Waals surface area contributed by atoms with Gasteiger partial charge in [0.15, 0.2) is 0 Å². The summed E-state index contributed by atoms with van der Waals surface area (Å²) in [7, 11) is 3.56. The van der Waals surface area contributed by atoms with Crippen molar-refractivity contribution in [2.45, 2.75) is 20.3 Å². The second-order valence-corrected chi connectivity index (χ2v) is 5.70. The lowest BCUT2D eigenvalue weighted by atomic mass is 10.0. The molecular formula is C13H19N3OS. The second-order valence-electron chi connectivity index (χ2n) is 4.78. The van der Waals surface area contributed by atoms with Gasteiger partial charge >= 0.3 is 0 Å². The van der Waals surface area contributed by atoms with Crippen molar-refractivity contribution in [3.63, 3.8) is 0 Å². The topological polar surface area (TPSA) is 53.1 Å². The molecule has 0 saturated carbocycles. The lowest BCUT2D eigenvalue weighted by Gasteiger charge is -2.05. The molecule has 0 unspecified atom stereocenters. The van der Waals surface area contributed by atoms with Gasteiger partial charge in [0.2, 0.25) is 0 Å². The smallest absolute Gasteiger partial charge is 0.130 e. The minimum atomic E-state index is 0.553. The number of hydrogen-bond acceptors (Lipinski definition) is 4. The number of rotatable bonds is 4. The van der Waals surface area contributed by atoms with Crippen LogP contribution in [0.1, 0.15) is 19.4 Å². The Kier molecular flexibility index (Phi) is 3.61. The Labute approximate surface area is 111 Å². The molecule has 0 spiro atoms. The highest BCUT2D eigenvalue weighted by atomic mass is 32.1. The summed E-state index contributed by atoms with van der Waals surface area (Å²) in [5, 5.41) is 6.51. The van der Waals surface area contributed by atoms with Crippen molar-refractivity contribution in [3.05, 3.63) is 17.0 Å². The fourth-order valence-corrected chi connectivity index (χ4v) is 2.81. The van der Waals surface area contributed by atoms with Gasteiger partial charge in [-0.1, -0.05) is 13.8 Å². The maximum absolute atomic E-state index is 6.10. The van der Waals surface area contributed by atoms with E-state index in [1.54, 1.807) is 23.1 Å². The van der Waals surface area contributed by atoms with Crippen LogP contribution in [0, 0.1) is 5.92 Å². The Bertz CT molecular complexity index is 542. The van der Waals surface area contributed by atoms with E-state index in [2.05, 4.69) is 18.9 Å². The van der Waals surface area contributed by atoms with Gasteiger partial charge in [-0.2, -0.15) is 5.10 Å². The lowest BCUT2D eigenvalue weighted by Crippen LogP contribution is -2.01. The van der Waals surface area contributed by atoms with Gasteiger partial charge in [-0.05, 0) is 12.3 Å². The van der Waals surface area contributed by atoms with Crippen molar-refractivity contribution >= 4 is 17.2 Å². The highest BCUT2D eigenvalue weighted by Crippen LogP contribution is 2.35. The van der Waals surface area contributed by atoms with Crippen LogP contribution in [0.4, 0.5) is 5.82 Å². The first kappa shape index (κ1) is 13.0. The van der Waals surface area contributed by atoms with Gasteiger partial charge < -0.3 is 10.5 Å². The maximum atomic E-state index is 6.10. The molecule has 18 heavy (non-hydrogen) atoms. The number of methoxy groups -OCH3 is 1. The van der Waals surface area contributed by atoms with Crippen LogP contribution >= 0.6 is 11.3 Å². The number of aromatic nitrogens is 2. The third kappa shape index (κ3) is 2.36. The quantitative estimate of drug-likeness (QED) is 0.924. The van der Waals surface area contributed by atoms with Crippen molar-refractivity contribution in [2.75, 3.05) is 12.8 Å². The van der Waals surface area contributed by atoms with E-state index >= 15 is 0 Å². The number of anilines is 1. The number of hydrogen-bond donors (Lipinski definition) is 1. The summed E-state index contributed by atoms with van der Waals surface area (Å²) in [5.41, 5.74) is 8.22. The molecule has 0 radical (unpaired) electrons. The SMILES string of the molecule is COc1csc(-c2nn(C)c(N)c2CC(C)C)c1. The fraction of sp³-hybridized carbons (Fsp3) is 0.462. The Balaban J connectivity index is 2.46. The van der Waals surface area contributed by atoms with Crippen LogP contribution in [-0.4, -0.2) is 16.9 Å². The van der Waals surface area contributed by atoms with Gasteiger partial charge in [-0.15, -0.1) is 11.3 Å². The van der Waals surface area contributed by atoms with E-state index in [-0.39, 0.29) is 0 Å². The second kappa shape index (κ2) is 5.02. The first-order valence-corrected chi connectivity index (χ1v) is 6.85. The predicted octanol–water partition coefficient (Wildman–Crippen LogP) is 2.94.